The molecule has 1 saturated carbocycles. The SMILES string of the molecule is Cn1nccc1-c1ccc([C@H]2CCC[C@@H](C(=O)Nc3ccc(C(F)(F)F)cc3F)[C@@H]2C(=O)O)cc1. The van der Waals surface area contributed by atoms with E-state index in [0.29, 0.717) is 25.0 Å². The lowest BCUT2D eigenvalue weighted by molar-refractivity contribution is -0.148. The van der Waals surface area contributed by atoms with Gasteiger partial charge in [0.2, 0.25) is 5.91 Å². The highest BCUT2D eigenvalue weighted by molar-refractivity contribution is 5.95. The van der Waals surface area contributed by atoms with Crippen LogP contribution in [0.1, 0.15) is 36.3 Å². The summed E-state index contributed by atoms with van der Waals surface area (Å²) in [5, 5.41) is 16.4. The number of carboxylic acid groups (broad SMARTS) is 1. The molecule has 0 spiro atoms. The van der Waals surface area contributed by atoms with Gasteiger partial charge in [-0.2, -0.15) is 18.3 Å². The number of carboxylic acids is 1. The number of aliphatic carboxylic acids is 1. The van der Waals surface area contributed by atoms with E-state index in [-0.39, 0.29) is 6.42 Å². The van der Waals surface area contributed by atoms with Crippen LogP contribution in [0.2, 0.25) is 0 Å². The third kappa shape index (κ3) is 5.06. The minimum absolute atomic E-state index is 0.272. The van der Waals surface area contributed by atoms with Gasteiger partial charge in [0.15, 0.2) is 0 Å². The Balaban J connectivity index is 1.55. The van der Waals surface area contributed by atoms with Crippen LogP contribution < -0.4 is 5.32 Å². The highest BCUT2D eigenvalue weighted by atomic mass is 19.4. The highest BCUT2D eigenvalue weighted by Crippen LogP contribution is 2.43. The lowest BCUT2D eigenvalue weighted by Gasteiger charge is -2.35. The molecule has 35 heavy (non-hydrogen) atoms. The number of carbonyl (C=O) groups excluding carboxylic acids is 1. The Morgan fingerprint density at radius 1 is 1.09 bits per heavy atom. The average Bonchev–Trinajstić information content (AvgIpc) is 3.25. The third-order valence-electron chi connectivity index (χ3n) is 6.53. The number of halogens is 4. The number of hydrogen-bond acceptors (Lipinski definition) is 3. The number of anilines is 1. The van der Waals surface area contributed by atoms with Gasteiger partial charge < -0.3 is 10.4 Å². The molecule has 4 rings (SSSR count). The average molecular weight is 489 g/mol. The molecule has 1 aliphatic carbocycles. The number of aryl methyl sites for hydroxylation is 1. The van der Waals surface area contributed by atoms with Gasteiger partial charge in [0, 0.05) is 13.2 Å². The van der Waals surface area contributed by atoms with Gasteiger partial charge in [0.05, 0.1) is 28.8 Å². The second-order valence-electron chi connectivity index (χ2n) is 8.65. The largest absolute Gasteiger partial charge is 0.481 e. The molecular formula is C25H23F4N3O3. The Hall–Kier alpha value is -3.69. The fraction of sp³-hybridized carbons (Fsp3) is 0.320. The molecule has 1 aliphatic rings. The monoisotopic (exact) mass is 489 g/mol. The van der Waals surface area contributed by atoms with Crippen LogP contribution in [0.3, 0.4) is 0 Å². The van der Waals surface area contributed by atoms with Crippen LogP contribution in [0.15, 0.2) is 54.7 Å². The van der Waals surface area contributed by atoms with E-state index in [9.17, 15) is 32.3 Å². The summed E-state index contributed by atoms with van der Waals surface area (Å²) in [7, 11) is 1.81. The Morgan fingerprint density at radius 3 is 2.37 bits per heavy atom. The molecule has 6 nitrogen and oxygen atoms in total. The molecule has 1 heterocycles. The molecule has 3 aromatic rings. The predicted molar refractivity (Wildman–Crippen MR) is 120 cm³/mol. The molecule has 0 saturated heterocycles. The van der Waals surface area contributed by atoms with Crippen LogP contribution in [-0.4, -0.2) is 26.8 Å². The maximum Gasteiger partial charge on any atom is 0.416 e. The van der Waals surface area contributed by atoms with E-state index < -0.39 is 52.9 Å². The quantitative estimate of drug-likeness (QED) is 0.466. The summed E-state index contributed by atoms with van der Waals surface area (Å²) in [6, 6.07) is 11.1. The summed E-state index contributed by atoms with van der Waals surface area (Å²) in [5.41, 5.74) is 0.967. The minimum Gasteiger partial charge on any atom is -0.481 e. The van der Waals surface area contributed by atoms with Gasteiger partial charge in [-0.3, -0.25) is 14.3 Å². The Labute approximate surface area is 198 Å². The number of rotatable bonds is 5. The predicted octanol–water partition coefficient (Wildman–Crippen LogP) is 5.47. The van der Waals surface area contributed by atoms with E-state index in [2.05, 4.69) is 10.4 Å². The molecule has 0 bridgehead atoms. The molecule has 1 aromatic heterocycles. The van der Waals surface area contributed by atoms with Crippen molar-refractivity contribution in [2.24, 2.45) is 18.9 Å². The number of aromatic nitrogens is 2. The van der Waals surface area contributed by atoms with Gasteiger partial charge in [-0.1, -0.05) is 30.7 Å². The summed E-state index contributed by atoms with van der Waals surface area (Å²) in [6.45, 7) is 0. The molecule has 1 amide bonds. The van der Waals surface area contributed by atoms with Gasteiger partial charge in [0.1, 0.15) is 5.82 Å². The van der Waals surface area contributed by atoms with E-state index in [4.69, 9.17) is 0 Å². The Bertz CT molecular complexity index is 1240. The lowest BCUT2D eigenvalue weighted by Crippen LogP contribution is -2.40. The first-order valence-electron chi connectivity index (χ1n) is 11.0. The molecule has 0 unspecified atom stereocenters. The van der Waals surface area contributed by atoms with Crippen LogP contribution in [0.25, 0.3) is 11.3 Å². The second kappa shape index (κ2) is 9.52. The first-order chi connectivity index (χ1) is 16.6. The summed E-state index contributed by atoms with van der Waals surface area (Å²) in [6.07, 6.45) is -1.64. The van der Waals surface area contributed by atoms with Crippen LogP contribution in [0.5, 0.6) is 0 Å². The number of nitrogens with one attached hydrogen (secondary N) is 1. The maximum absolute atomic E-state index is 14.3. The zero-order valence-electron chi connectivity index (χ0n) is 18.7. The van der Waals surface area contributed by atoms with Crippen molar-refractivity contribution in [1.82, 2.24) is 9.78 Å². The van der Waals surface area contributed by atoms with Gasteiger partial charge >= 0.3 is 12.1 Å². The number of benzene rings is 2. The lowest BCUT2D eigenvalue weighted by atomic mass is 9.69. The second-order valence-corrected chi connectivity index (χ2v) is 8.65. The van der Waals surface area contributed by atoms with Gasteiger partial charge in [-0.25, -0.2) is 4.39 Å². The van der Waals surface area contributed by atoms with Crippen molar-refractivity contribution in [2.75, 3.05) is 5.32 Å². The summed E-state index contributed by atoms with van der Waals surface area (Å²) < 4.78 is 54.4. The fourth-order valence-corrected chi connectivity index (χ4v) is 4.79. The van der Waals surface area contributed by atoms with E-state index in [1.165, 1.54) is 0 Å². The van der Waals surface area contributed by atoms with Crippen molar-refractivity contribution >= 4 is 17.6 Å². The minimum atomic E-state index is -4.72. The van der Waals surface area contributed by atoms with Crippen molar-refractivity contribution in [2.45, 2.75) is 31.4 Å². The number of nitrogens with zero attached hydrogens (tertiary/aromatic N) is 2. The topological polar surface area (TPSA) is 84.2 Å². The molecule has 1 fully saturated rings. The molecular weight excluding hydrogens is 466 g/mol. The third-order valence-corrected chi connectivity index (χ3v) is 6.53. The smallest absolute Gasteiger partial charge is 0.416 e. The summed E-state index contributed by atoms with van der Waals surface area (Å²) >= 11 is 0. The van der Waals surface area contributed by atoms with Gasteiger partial charge in [-0.05, 0) is 54.2 Å². The van der Waals surface area contributed by atoms with E-state index >= 15 is 0 Å². The van der Waals surface area contributed by atoms with Crippen LogP contribution in [0, 0.1) is 17.7 Å². The first kappa shape index (κ1) is 24.4. The summed E-state index contributed by atoms with van der Waals surface area (Å²) in [5.74, 6) is -5.60. The number of carbonyl (C=O) groups is 2. The highest BCUT2D eigenvalue weighted by Gasteiger charge is 2.43. The van der Waals surface area contributed by atoms with E-state index in [0.717, 1.165) is 22.9 Å². The first-order valence-corrected chi connectivity index (χ1v) is 11.0. The molecule has 2 N–H and O–H groups in total. The zero-order chi connectivity index (χ0) is 25.3. The van der Waals surface area contributed by atoms with Crippen LogP contribution in [0.4, 0.5) is 23.2 Å². The fourth-order valence-electron chi connectivity index (χ4n) is 4.79. The maximum atomic E-state index is 14.3. The summed E-state index contributed by atoms with van der Waals surface area (Å²) in [4.78, 5) is 25.2. The van der Waals surface area contributed by atoms with Crippen molar-refractivity contribution in [3.63, 3.8) is 0 Å². The van der Waals surface area contributed by atoms with E-state index in [1.807, 2.05) is 37.4 Å². The van der Waals surface area contributed by atoms with Crippen molar-refractivity contribution in [1.29, 1.82) is 0 Å². The van der Waals surface area contributed by atoms with Crippen LogP contribution >= 0.6 is 0 Å². The Kier molecular flexibility index (Phi) is 6.64. The number of amides is 1. The standard InChI is InChI=1S/C25H23F4N3O3/c1-32-21(11-12-30-32)15-7-5-14(6-8-15)17-3-2-4-18(22(17)24(34)35)23(33)31-20-10-9-16(13-19(20)26)25(27,28)29/h5-13,17-18,22H,2-4H2,1H3,(H,31,33)(H,34,35)/t17-,18-,22-/m1/s1. The van der Waals surface area contributed by atoms with Gasteiger partial charge in [-0.15, -0.1) is 0 Å². The number of hydrogen-bond donors (Lipinski definition) is 2. The zero-order valence-corrected chi connectivity index (χ0v) is 18.7. The molecule has 184 valence electrons. The van der Waals surface area contributed by atoms with E-state index in [1.54, 1.807) is 10.9 Å². The van der Waals surface area contributed by atoms with Gasteiger partial charge in [0.25, 0.3) is 0 Å². The van der Waals surface area contributed by atoms with Crippen molar-refractivity contribution in [3.8, 4) is 11.3 Å². The molecule has 3 atom stereocenters. The molecule has 0 radical (unpaired) electrons. The Morgan fingerprint density at radius 2 is 1.80 bits per heavy atom. The van der Waals surface area contributed by atoms with Crippen molar-refractivity contribution in [3.05, 3.63) is 71.7 Å². The van der Waals surface area contributed by atoms with Crippen LogP contribution in [-0.2, 0) is 22.8 Å². The molecule has 10 heteroatoms. The molecule has 0 aliphatic heterocycles. The number of alkyl halides is 3. The molecule has 2 aromatic carbocycles. The normalized spacial score (nSPS) is 20.4. The van der Waals surface area contributed by atoms with Crippen molar-refractivity contribution < 1.29 is 32.3 Å².